The molecular formula is C25H25FN4. The van der Waals surface area contributed by atoms with Crippen molar-refractivity contribution >= 4 is 11.5 Å². The number of aromatic nitrogens is 3. The van der Waals surface area contributed by atoms with Crippen molar-refractivity contribution in [2.24, 2.45) is 0 Å². The molecule has 0 bridgehead atoms. The van der Waals surface area contributed by atoms with Gasteiger partial charge in [-0.1, -0.05) is 37.3 Å². The van der Waals surface area contributed by atoms with Crippen molar-refractivity contribution in [3.63, 3.8) is 0 Å². The second kappa shape index (κ2) is 7.90. The molecule has 152 valence electrons. The number of rotatable bonds is 4. The molecule has 5 heteroatoms. The van der Waals surface area contributed by atoms with Gasteiger partial charge in [-0.2, -0.15) is 9.61 Å². The Hall–Kier alpha value is -3.21. The highest BCUT2D eigenvalue weighted by Gasteiger charge is 2.25. The molecule has 0 N–H and O–H groups in total. The molecule has 5 rings (SSSR count). The third-order valence-electron chi connectivity index (χ3n) is 6.01. The van der Waals surface area contributed by atoms with Gasteiger partial charge in [-0.25, -0.2) is 9.37 Å². The average molecular weight is 401 g/mol. The van der Waals surface area contributed by atoms with Gasteiger partial charge in [0.05, 0.1) is 11.4 Å². The third kappa shape index (κ3) is 3.45. The van der Waals surface area contributed by atoms with Crippen molar-refractivity contribution in [1.29, 1.82) is 0 Å². The summed E-state index contributed by atoms with van der Waals surface area (Å²) < 4.78 is 15.3. The molecule has 2 aromatic carbocycles. The molecule has 0 radical (unpaired) electrons. The van der Waals surface area contributed by atoms with Crippen molar-refractivity contribution < 1.29 is 4.39 Å². The minimum Gasteiger partial charge on any atom is -0.353 e. The van der Waals surface area contributed by atoms with Crippen LogP contribution in [0.2, 0.25) is 0 Å². The molecule has 0 unspecified atom stereocenters. The first-order chi connectivity index (χ1) is 14.7. The summed E-state index contributed by atoms with van der Waals surface area (Å²) in [4.78, 5) is 7.41. The summed E-state index contributed by atoms with van der Waals surface area (Å²) in [6.45, 7) is 3.28. The fourth-order valence-corrected chi connectivity index (χ4v) is 4.41. The topological polar surface area (TPSA) is 33.4 Å². The monoisotopic (exact) mass is 400 g/mol. The number of hydrogen-bond donors (Lipinski definition) is 0. The minimum absolute atomic E-state index is 0.244. The van der Waals surface area contributed by atoms with Gasteiger partial charge in [0.1, 0.15) is 11.6 Å². The van der Waals surface area contributed by atoms with Crippen LogP contribution in [0.3, 0.4) is 0 Å². The predicted molar refractivity (Wildman–Crippen MR) is 119 cm³/mol. The minimum atomic E-state index is -0.244. The zero-order chi connectivity index (χ0) is 20.5. The van der Waals surface area contributed by atoms with Crippen molar-refractivity contribution in [3.8, 4) is 22.5 Å². The van der Waals surface area contributed by atoms with Gasteiger partial charge in [0.2, 0.25) is 0 Å². The van der Waals surface area contributed by atoms with Gasteiger partial charge >= 0.3 is 0 Å². The van der Waals surface area contributed by atoms with E-state index in [2.05, 4.69) is 30.0 Å². The Kier molecular flexibility index (Phi) is 4.95. The highest BCUT2D eigenvalue weighted by molar-refractivity contribution is 5.71. The summed E-state index contributed by atoms with van der Waals surface area (Å²) in [5, 5.41) is 4.88. The van der Waals surface area contributed by atoms with E-state index >= 15 is 0 Å². The van der Waals surface area contributed by atoms with Crippen LogP contribution >= 0.6 is 0 Å². The van der Waals surface area contributed by atoms with Crippen molar-refractivity contribution in [1.82, 2.24) is 14.6 Å². The maximum atomic E-state index is 13.4. The van der Waals surface area contributed by atoms with Crippen LogP contribution in [0.25, 0.3) is 28.2 Å². The zero-order valence-corrected chi connectivity index (χ0v) is 17.1. The second-order valence-corrected chi connectivity index (χ2v) is 7.92. The number of hydrogen-bond acceptors (Lipinski definition) is 3. The molecule has 4 nitrogen and oxygen atoms in total. The molecule has 1 fully saturated rings. The van der Waals surface area contributed by atoms with Crippen LogP contribution < -0.4 is 4.90 Å². The van der Waals surface area contributed by atoms with Crippen molar-refractivity contribution in [3.05, 3.63) is 72.5 Å². The molecule has 1 aliphatic rings. The normalized spacial score (nSPS) is 16.9. The van der Waals surface area contributed by atoms with E-state index in [9.17, 15) is 4.39 Å². The van der Waals surface area contributed by atoms with E-state index in [1.54, 1.807) is 12.1 Å². The van der Waals surface area contributed by atoms with E-state index < -0.39 is 0 Å². The van der Waals surface area contributed by atoms with Crippen molar-refractivity contribution in [2.75, 3.05) is 11.4 Å². The predicted octanol–water partition coefficient (Wildman–Crippen LogP) is 5.97. The summed E-state index contributed by atoms with van der Waals surface area (Å²) >= 11 is 0. The highest BCUT2D eigenvalue weighted by Crippen LogP contribution is 2.31. The fraction of sp³-hybridized carbons (Fsp3) is 0.280. The van der Waals surface area contributed by atoms with Gasteiger partial charge in [-0.15, -0.1) is 0 Å². The largest absolute Gasteiger partial charge is 0.353 e. The standard InChI is InChI=1S/C25H25FN4/c1-2-21-10-6-7-15-29(21)25-17-22(18-8-4-3-5-9-18)27-24-16-23(28-30(24)25)19-11-13-20(26)14-12-19/h3-5,8-9,11-14,16-17,21H,2,6-7,10,15H2,1H3/t21-/m1/s1. The molecule has 0 saturated carbocycles. The van der Waals surface area contributed by atoms with Crippen molar-refractivity contribution in [2.45, 2.75) is 38.6 Å². The van der Waals surface area contributed by atoms with Crippen LogP contribution in [0.1, 0.15) is 32.6 Å². The summed E-state index contributed by atoms with van der Waals surface area (Å²) in [6, 6.07) is 21.4. The van der Waals surface area contributed by atoms with E-state index in [1.165, 1.54) is 31.4 Å². The van der Waals surface area contributed by atoms with Gasteiger partial charge < -0.3 is 4.90 Å². The average Bonchev–Trinajstić information content (AvgIpc) is 3.23. The molecule has 0 spiro atoms. The molecule has 2 aromatic heterocycles. The number of nitrogens with zero attached hydrogens (tertiary/aromatic N) is 4. The first kappa shape index (κ1) is 18.8. The highest BCUT2D eigenvalue weighted by atomic mass is 19.1. The first-order valence-corrected chi connectivity index (χ1v) is 10.7. The Labute approximate surface area is 176 Å². The molecule has 30 heavy (non-hydrogen) atoms. The summed E-state index contributed by atoms with van der Waals surface area (Å²) in [6.07, 6.45) is 4.77. The molecule has 1 aliphatic heterocycles. The number of anilines is 1. The van der Waals surface area contributed by atoms with Gasteiger partial charge in [0, 0.05) is 35.8 Å². The quantitative estimate of drug-likeness (QED) is 0.423. The third-order valence-corrected chi connectivity index (χ3v) is 6.01. The Morgan fingerprint density at radius 3 is 2.47 bits per heavy atom. The molecule has 1 saturated heterocycles. The van der Waals surface area contributed by atoms with Gasteiger partial charge in [0.25, 0.3) is 0 Å². The molecule has 1 atom stereocenters. The van der Waals surface area contributed by atoms with E-state index in [-0.39, 0.29) is 5.82 Å². The molecule has 0 aliphatic carbocycles. The van der Waals surface area contributed by atoms with Gasteiger partial charge in [-0.05, 0) is 49.9 Å². The Morgan fingerprint density at radius 2 is 1.70 bits per heavy atom. The molecular weight excluding hydrogens is 375 g/mol. The summed E-state index contributed by atoms with van der Waals surface area (Å²) in [5.41, 5.74) is 4.55. The van der Waals surface area contributed by atoms with Crippen LogP contribution in [0, 0.1) is 5.82 Å². The van der Waals surface area contributed by atoms with E-state index in [0.29, 0.717) is 6.04 Å². The lowest BCUT2D eigenvalue weighted by atomic mass is 10.00. The Balaban J connectivity index is 1.69. The summed E-state index contributed by atoms with van der Waals surface area (Å²) in [7, 11) is 0. The molecule has 3 heterocycles. The molecule has 0 amide bonds. The smallest absolute Gasteiger partial charge is 0.158 e. The van der Waals surface area contributed by atoms with E-state index in [4.69, 9.17) is 10.1 Å². The summed E-state index contributed by atoms with van der Waals surface area (Å²) in [5.74, 6) is 0.838. The fourth-order valence-electron chi connectivity index (χ4n) is 4.41. The lowest BCUT2D eigenvalue weighted by molar-refractivity contribution is 0.444. The van der Waals surface area contributed by atoms with Crippen LogP contribution in [0.15, 0.2) is 66.7 Å². The Morgan fingerprint density at radius 1 is 0.933 bits per heavy atom. The van der Waals surface area contributed by atoms with Gasteiger partial charge in [-0.3, -0.25) is 0 Å². The zero-order valence-electron chi connectivity index (χ0n) is 17.1. The van der Waals surface area contributed by atoms with Gasteiger partial charge in [0.15, 0.2) is 5.65 Å². The first-order valence-electron chi connectivity index (χ1n) is 10.7. The SMILES string of the molecule is CC[C@@H]1CCCCN1c1cc(-c2ccccc2)nc2cc(-c3ccc(F)cc3)nn12. The maximum absolute atomic E-state index is 13.4. The maximum Gasteiger partial charge on any atom is 0.158 e. The lowest BCUT2D eigenvalue weighted by Crippen LogP contribution is -2.40. The molecule has 4 aromatic rings. The number of benzene rings is 2. The Bertz CT molecular complexity index is 1150. The lowest BCUT2D eigenvalue weighted by Gasteiger charge is -2.37. The van der Waals surface area contributed by atoms with Crippen LogP contribution in [0.5, 0.6) is 0 Å². The van der Waals surface area contributed by atoms with E-state index in [1.807, 2.05) is 28.8 Å². The van der Waals surface area contributed by atoms with Crippen LogP contribution in [-0.4, -0.2) is 27.2 Å². The second-order valence-electron chi connectivity index (χ2n) is 7.92. The number of fused-ring (bicyclic) bond motifs is 1. The number of halogens is 1. The number of piperidine rings is 1. The van der Waals surface area contributed by atoms with Crippen LogP contribution in [0.4, 0.5) is 10.2 Å². The van der Waals surface area contributed by atoms with Crippen LogP contribution in [-0.2, 0) is 0 Å². The van der Waals surface area contributed by atoms with E-state index in [0.717, 1.165) is 46.9 Å².